The highest BCUT2D eigenvalue weighted by atomic mass is 32.2. The number of quaternary nitrogens is 1. The van der Waals surface area contributed by atoms with E-state index in [9.17, 15) is 9.59 Å². The Kier molecular flexibility index (Phi) is 6.74. The van der Waals surface area contributed by atoms with Crippen LogP contribution in [0.4, 0.5) is 0 Å². The molecule has 1 aromatic carbocycles. The van der Waals surface area contributed by atoms with E-state index in [1.807, 2.05) is 23.1 Å². The molecule has 2 amide bonds. The van der Waals surface area contributed by atoms with Gasteiger partial charge in [0, 0.05) is 12.8 Å². The zero-order chi connectivity index (χ0) is 15.8. The smallest absolute Gasteiger partial charge is 0.274 e. The van der Waals surface area contributed by atoms with Gasteiger partial charge in [0.25, 0.3) is 5.91 Å². The van der Waals surface area contributed by atoms with Gasteiger partial charge in [-0.15, -0.1) is 11.8 Å². The summed E-state index contributed by atoms with van der Waals surface area (Å²) in [5, 5.41) is 2.65. The third kappa shape index (κ3) is 5.35. The molecule has 22 heavy (non-hydrogen) atoms. The van der Waals surface area contributed by atoms with Crippen LogP contribution in [-0.4, -0.2) is 62.2 Å². The first-order valence-electron chi connectivity index (χ1n) is 7.62. The number of likely N-dealkylation sites (N-methyl/N-ethyl adjacent to an activating group) is 1. The highest BCUT2D eigenvalue weighted by Gasteiger charge is 2.24. The van der Waals surface area contributed by atoms with E-state index in [1.54, 1.807) is 18.8 Å². The minimum atomic E-state index is 0.0631. The quantitative estimate of drug-likeness (QED) is 0.735. The van der Waals surface area contributed by atoms with Gasteiger partial charge in [-0.05, 0) is 5.56 Å². The minimum Gasteiger partial charge on any atom is -0.354 e. The van der Waals surface area contributed by atoms with Gasteiger partial charge in [0.2, 0.25) is 5.91 Å². The molecule has 120 valence electrons. The molecule has 2 N–H and O–H groups in total. The van der Waals surface area contributed by atoms with Crippen molar-refractivity contribution in [3.05, 3.63) is 35.9 Å². The number of nitrogens with one attached hydrogen (secondary N) is 2. The van der Waals surface area contributed by atoms with Crippen LogP contribution in [0, 0.1) is 0 Å². The van der Waals surface area contributed by atoms with Crippen LogP contribution >= 0.6 is 11.8 Å². The van der Waals surface area contributed by atoms with E-state index in [0.717, 1.165) is 31.9 Å². The standard InChI is InChI=1S/C16H23N3O2S/c1-17-15(20)11-18-7-9-19(10-8-18)16(21)13-22-12-14-5-3-2-4-6-14/h2-6H,7-13H2,1H3,(H,17,20)/p+1. The molecule has 6 heteroatoms. The highest BCUT2D eigenvalue weighted by Crippen LogP contribution is 2.12. The second-order valence-corrected chi connectivity index (χ2v) is 6.44. The number of hydrogen-bond donors (Lipinski definition) is 2. The molecule has 1 aromatic rings. The maximum absolute atomic E-state index is 12.2. The van der Waals surface area contributed by atoms with Crippen LogP contribution in [-0.2, 0) is 15.3 Å². The molecule has 0 atom stereocenters. The fourth-order valence-electron chi connectivity index (χ4n) is 2.49. The van der Waals surface area contributed by atoms with Crippen molar-refractivity contribution in [3.63, 3.8) is 0 Å². The average molecular weight is 322 g/mol. The summed E-state index contributed by atoms with van der Waals surface area (Å²) in [4.78, 5) is 26.7. The highest BCUT2D eigenvalue weighted by molar-refractivity contribution is 7.99. The Balaban J connectivity index is 1.66. The second-order valence-electron chi connectivity index (χ2n) is 5.46. The lowest BCUT2D eigenvalue weighted by molar-refractivity contribution is -0.896. The summed E-state index contributed by atoms with van der Waals surface area (Å²) < 4.78 is 0. The number of piperazine rings is 1. The molecule has 0 saturated carbocycles. The lowest BCUT2D eigenvalue weighted by Gasteiger charge is -2.31. The third-order valence-electron chi connectivity index (χ3n) is 3.85. The molecule has 0 aliphatic carbocycles. The van der Waals surface area contributed by atoms with Crippen molar-refractivity contribution >= 4 is 23.6 Å². The monoisotopic (exact) mass is 322 g/mol. The fourth-order valence-corrected chi connectivity index (χ4v) is 3.37. The third-order valence-corrected chi connectivity index (χ3v) is 4.84. The van der Waals surface area contributed by atoms with Crippen molar-refractivity contribution in [2.75, 3.05) is 45.5 Å². The van der Waals surface area contributed by atoms with E-state index in [-0.39, 0.29) is 11.8 Å². The second kappa shape index (κ2) is 8.80. The Morgan fingerprint density at radius 2 is 1.91 bits per heavy atom. The molecule has 1 fully saturated rings. The minimum absolute atomic E-state index is 0.0631. The van der Waals surface area contributed by atoms with Gasteiger partial charge in [0.05, 0.1) is 31.9 Å². The lowest BCUT2D eigenvalue weighted by atomic mass is 10.2. The number of nitrogens with zero attached hydrogens (tertiary/aromatic N) is 1. The molecule has 0 aromatic heterocycles. The Hall–Kier alpha value is -1.53. The van der Waals surface area contributed by atoms with Crippen LogP contribution in [0.15, 0.2) is 30.3 Å². The molecule has 1 aliphatic rings. The Morgan fingerprint density at radius 1 is 1.23 bits per heavy atom. The van der Waals surface area contributed by atoms with Gasteiger partial charge in [-0.2, -0.15) is 0 Å². The van der Waals surface area contributed by atoms with E-state index >= 15 is 0 Å². The predicted octanol–water partition coefficient (Wildman–Crippen LogP) is -0.607. The fraction of sp³-hybridized carbons (Fsp3) is 0.500. The van der Waals surface area contributed by atoms with Gasteiger partial charge in [0.1, 0.15) is 0 Å². The summed E-state index contributed by atoms with van der Waals surface area (Å²) in [6.45, 7) is 3.69. The maximum Gasteiger partial charge on any atom is 0.274 e. The molecular weight excluding hydrogens is 298 g/mol. The van der Waals surface area contributed by atoms with E-state index in [2.05, 4.69) is 17.4 Å². The summed E-state index contributed by atoms with van der Waals surface area (Å²) in [7, 11) is 1.66. The van der Waals surface area contributed by atoms with Gasteiger partial charge in [0.15, 0.2) is 6.54 Å². The van der Waals surface area contributed by atoms with E-state index in [1.165, 1.54) is 10.5 Å². The van der Waals surface area contributed by atoms with Gasteiger partial charge < -0.3 is 15.1 Å². The number of benzene rings is 1. The van der Waals surface area contributed by atoms with Crippen LogP contribution in [0.3, 0.4) is 0 Å². The SMILES string of the molecule is CNC(=O)C[NH+]1CCN(C(=O)CSCc2ccccc2)CC1. The number of hydrogen-bond acceptors (Lipinski definition) is 3. The van der Waals surface area contributed by atoms with Crippen LogP contribution in [0.25, 0.3) is 0 Å². The molecule has 5 nitrogen and oxygen atoms in total. The topological polar surface area (TPSA) is 53.9 Å². The summed E-state index contributed by atoms with van der Waals surface area (Å²) in [6.07, 6.45) is 0. The van der Waals surface area contributed by atoms with E-state index in [4.69, 9.17) is 0 Å². The largest absolute Gasteiger partial charge is 0.354 e. The summed E-state index contributed by atoms with van der Waals surface area (Å²) in [5.74, 6) is 1.67. The van der Waals surface area contributed by atoms with Gasteiger partial charge in [-0.25, -0.2) is 0 Å². The number of carbonyl (C=O) groups excluding carboxylic acids is 2. The van der Waals surface area contributed by atoms with Crippen molar-refractivity contribution in [2.45, 2.75) is 5.75 Å². The van der Waals surface area contributed by atoms with Crippen molar-refractivity contribution in [1.82, 2.24) is 10.2 Å². The molecule has 1 heterocycles. The maximum atomic E-state index is 12.2. The Labute approximate surface area is 136 Å². The number of thioether (sulfide) groups is 1. The molecule has 0 spiro atoms. The molecule has 0 bridgehead atoms. The van der Waals surface area contributed by atoms with Crippen molar-refractivity contribution < 1.29 is 14.5 Å². The summed E-state index contributed by atoms with van der Waals surface area (Å²) >= 11 is 1.66. The van der Waals surface area contributed by atoms with Crippen LogP contribution in [0.5, 0.6) is 0 Å². The van der Waals surface area contributed by atoms with Gasteiger partial charge in [-0.3, -0.25) is 9.59 Å². The lowest BCUT2D eigenvalue weighted by Crippen LogP contribution is -3.15. The molecule has 0 unspecified atom stereocenters. The number of amides is 2. The normalized spacial score (nSPS) is 15.6. The van der Waals surface area contributed by atoms with Gasteiger partial charge >= 0.3 is 0 Å². The molecular formula is C16H24N3O2S+. The first kappa shape index (κ1) is 16.8. The predicted molar refractivity (Wildman–Crippen MR) is 88.8 cm³/mol. The zero-order valence-electron chi connectivity index (χ0n) is 13.0. The van der Waals surface area contributed by atoms with Crippen LogP contribution in [0.1, 0.15) is 5.56 Å². The Bertz CT molecular complexity index is 487. The van der Waals surface area contributed by atoms with E-state index < -0.39 is 0 Å². The average Bonchev–Trinajstić information content (AvgIpc) is 2.56. The van der Waals surface area contributed by atoms with Crippen LogP contribution < -0.4 is 10.2 Å². The molecule has 0 radical (unpaired) electrons. The van der Waals surface area contributed by atoms with Crippen molar-refractivity contribution in [3.8, 4) is 0 Å². The molecule has 2 rings (SSSR count). The zero-order valence-corrected chi connectivity index (χ0v) is 13.8. The van der Waals surface area contributed by atoms with E-state index in [0.29, 0.717) is 12.3 Å². The molecule has 1 saturated heterocycles. The van der Waals surface area contributed by atoms with Crippen molar-refractivity contribution in [2.24, 2.45) is 0 Å². The van der Waals surface area contributed by atoms with Crippen LogP contribution in [0.2, 0.25) is 0 Å². The van der Waals surface area contributed by atoms with Gasteiger partial charge in [-0.1, -0.05) is 30.3 Å². The Morgan fingerprint density at radius 3 is 2.55 bits per heavy atom. The number of rotatable bonds is 6. The van der Waals surface area contributed by atoms with Crippen molar-refractivity contribution in [1.29, 1.82) is 0 Å². The molecule has 1 aliphatic heterocycles. The first-order chi connectivity index (χ1) is 10.7. The first-order valence-corrected chi connectivity index (χ1v) is 8.78. The summed E-state index contributed by atoms with van der Waals surface area (Å²) in [6, 6.07) is 10.2. The summed E-state index contributed by atoms with van der Waals surface area (Å²) in [5.41, 5.74) is 1.25. The number of carbonyl (C=O) groups is 2.